The number of benzene rings is 1. The molecule has 1 fully saturated rings. The highest BCUT2D eigenvalue weighted by Crippen LogP contribution is 2.25. The number of nitrogens with zero attached hydrogens (tertiary/aromatic N) is 2. The number of urea groups is 1. The van der Waals surface area contributed by atoms with E-state index in [9.17, 15) is 4.79 Å². The van der Waals surface area contributed by atoms with Crippen LogP contribution in [0.1, 0.15) is 50.9 Å². The summed E-state index contributed by atoms with van der Waals surface area (Å²) in [5.41, 5.74) is 0.715. The van der Waals surface area contributed by atoms with Gasteiger partial charge in [0.05, 0.1) is 12.6 Å². The molecule has 7 heteroatoms. The molecule has 1 heterocycles. The first-order valence-electron chi connectivity index (χ1n) is 8.86. The largest absolute Gasteiger partial charge is 0.493 e. The van der Waals surface area contributed by atoms with Crippen LogP contribution in [0.2, 0.25) is 0 Å². The predicted octanol–water partition coefficient (Wildman–Crippen LogP) is 3.65. The van der Waals surface area contributed by atoms with Crippen molar-refractivity contribution in [2.45, 2.75) is 45.1 Å². The van der Waals surface area contributed by atoms with Crippen LogP contribution in [0.3, 0.4) is 0 Å². The van der Waals surface area contributed by atoms with Crippen LogP contribution in [0, 0.1) is 5.92 Å². The van der Waals surface area contributed by atoms with Crippen molar-refractivity contribution in [1.82, 2.24) is 20.5 Å². The van der Waals surface area contributed by atoms with E-state index >= 15 is 0 Å². The van der Waals surface area contributed by atoms with Gasteiger partial charge >= 0.3 is 6.03 Å². The molecule has 7 nitrogen and oxygen atoms in total. The zero-order valence-electron chi connectivity index (χ0n) is 14.5. The second-order valence-electron chi connectivity index (χ2n) is 6.53. The topological polar surface area (TPSA) is 91.9 Å². The number of aromatic amines is 1. The summed E-state index contributed by atoms with van der Waals surface area (Å²) in [6, 6.07) is 6.92. The molecule has 2 amide bonds. The number of H-pyrrole nitrogens is 1. The van der Waals surface area contributed by atoms with E-state index < -0.39 is 0 Å². The van der Waals surface area contributed by atoms with Gasteiger partial charge in [-0.25, -0.2) is 9.78 Å². The van der Waals surface area contributed by atoms with Crippen molar-refractivity contribution in [3.63, 3.8) is 0 Å². The highest BCUT2D eigenvalue weighted by molar-refractivity contribution is 5.89. The van der Waals surface area contributed by atoms with Crippen molar-refractivity contribution >= 4 is 11.7 Å². The maximum absolute atomic E-state index is 12.0. The molecule has 1 aliphatic rings. The lowest BCUT2D eigenvalue weighted by atomic mass is 9.90. The Balaban J connectivity index is 1.44. The standard InChI is InChI=1S/C18H25N5O2/c1-13(17-19-12-20-23-17)21-18(24)22-15-7-9-16(10-8-15)25-11-14-5-3-2-4-6-14/h7-10,12-14H,2-6,11H2,1H3,(H,19,20,23)(H2,21,22,24)/t13-/m0/s1. The number of ether oxygens (including phenoxy) is 1. The molecule has 25 heavy (non-hydrogen) atoms. The Kier molecular flexibility index (Phi) is 5.87. The molecule has 3 rings (SSSR count). The smallest absolute Gasteiger partial charge is 0.319 e. The summed E-state index contributed by atoms with van der Waals surface area (Å²) in [6.45, 7) is 2.62. The highest BCUT2D eigenvalue weighted by Gasteiger charge is 2.14. The zero-order chi connectivity index (χ0) is 17.5. The first-order valence-corrected chi connectivity index (χ1v) is 8.86. The molecule has 0 spiro atoms. The molecular weight excluding hydrogens is 318 g/mol. The Morgan fingerprint density at radius 2 is 2.04 bits per heavy atom. The minimum absolute atomic E-state index is 0.249. The normalized spacial score (nSPS) is 16.2. The minimum Gasteiger partial charge on any atom is -0.493 e. The van der Waals surface area contributed by atoms with Gasteiger partial charge in [0, 0.05) is 5.69 Å². The molecule has 0 bridgehead atoms. The second-order valence-corrected chi connectivity index (χ2v) is 6.53. The van der Waals surface area contributed by atoms with Gasteiger partial charge in [-0.1, -0.05) is 19.3 Å². The summed E-state index contributed by atoms with van der Waals surface area (Å²) in [6.07, 6.45) is 7.94. The summed E-state index contributed by atoms with van der Waals surface area (Å²) in [4.78, 5) is 16.0. The fourth-order valence-corrected chi connectivity index (χ4v) is 3.06. The summed E-state index contributed by atoms with van der Waals surface area (Å²) < 4.78 is 5.87. The number of nitrogens with one attached hydrogen (secondary N) is 3. The molecule has 0 unspecified atom stereocenters. The average Bonchev–Trinajstić information content (AvgIpc) is 3.17. The van der Waals surface area contributed by atoms with E-state index in [-0.39, 0.29) is 12.1 Å². The third-order valence-electron chi connectivity index (χ3n) is 4.51. The van der Waals surface area contributed by atoms with Crippen molar-refractivity contribution in [2.75, 3.05) is 11.9 Å². The van der Waals surface area contributed by atoms with E-state index in [1.807, 2.05) is 31.2 Å². The van der Waals surface area contributed by atoms with Gasteiger partial charge in [0.1, 0.15) is 17.9 Å². The molecule has 0 radical (unpaired) electrons. The fourth-order valence-electron chi connectivity index (χ4n) is 3.06. The molecule has 0 saturated heterocycles. The van der Waals surface area contributed by atoms with Gasteiger partial charge in [-0.3, -0.25) is 5.10 Å². The van der Waals surface area contributed by atoms with Crippen LogP contribution in [0.25, 0.3) is 0 Å². The first kappa shape index (κ1) is 17.3. The van der Waals surface area contributed by atoms with Crippen LogP contribution in [0.15, 0.2) is 30.6 Å². The van der Waals surface area contributed by atoms with Gasteiger partial charge in [-0.05, 0) is 49.9 Å². The van der Waals surface area contributed by atoms with Crippen molar-refractivity contribution in [2.24, 2.45) is 5.92 Å². The summed E-state index contributed by atoms with van der Waals surface area (Å²) in [5, 5.41) is 12.1. The van der Waals surface area contributed by atoms with Crippen LogP contribution >= 0.6 is 0 Å². The van der Waals surface area contributed by atoms with Crippen LogP contribution < -0.4 is 15.4 Å². The lowest BCUT2D eigenvalue weighted by Crippen LogP contribution is -2.31. The molecule has 3 N–H and O–H groups in total. The SMILES string of the molecule is C[C@H](NC(=O)Nc1ccc(OCC2CCCCC2)cc1)c1ncn[nH]1. The number of hydrogen-bond acceptors (Lipinski definition) is 4. The number of aromatic nitrogens is 3. The van der Waals surface area contributed by atoms with Crippen LogP contribution in [-0.4, -0.2) is 27.8 Å². The van der Waals surface area contributed by atoms with Crippen molar-refractivity contribution in [3.8, 4) is 5.75 Å². The van der Waals surface area contributed by atoms with E-state index in [4.69, 9.17) is 4.74 Å². The zero-order valence-corrected chi connectivity index (χ0v) is 14.5. The molecule has 1 aromatic carbocycles. The number of rotatable bonds is 6. The van der Waals surface area contributed by atoms with Crippen LogP contribution in [0.5, 0.6) is 5.75 Å². The highest BCUT2D eigenvalue weighted by atomic mass is 16.5. The van der Waals surface area contributed by atoms with E-state index in [0.717, 1.165) is 12.4 Å². The Morgan fingerprint density at radius 1 is 1.28 bits per heavy atom. The molecular formula is C18H25N5O2. The van der Waals surface area contributed by atoms with Crippen LogP contribution in [0.4, 0.5) is 10.5 Å². The molecule has 1 atom stereocenters. The first-order chi connectivity index (χ1) is 12.2. The number of amides is 2. The maximum Gasteiger partial charge on any atom is 0.319 e. The third kappa shape index (κ3) is 5.20. The van der Waals surface area contributed by atoms with E-state index in [1.54, 1.807) is 0 Å². The Morgan fingerprint density at radius 3 is 2.72 bits per heavy atom. The molecule has 1 aromatic heterocycles. The third-order valence-corrected chi connectivity index (χ3v) is 4.51. The van der Waals surface area contributed by atoms with Gasteiger partial charge in [0.2, 0.25) is 0 Å². The van der Waals surface area contributed by atoms with Gasteiger partial charge in [-0.2, -0.15) is 5.10 Å². The van der Waals surface area contributed by atoms with Crippen molar-refractivity contribution in [3.05, 3.63) is 36.4 Å². The Bertz CT molecular complexity index is 651. The minimum atomic E-state index is -0.292. The van der Waals surface area contributed by atoms with Gasteiger partial charge in [0.25, 0.3) is 0 Å². The van der Waals surface area contributed by atoms with Crippen molar-refractivity contribution < 1.29 is 9.53 Å². The number of carbonyl (C=O) groups is 1. The van der Waals surface area contributed by atoms with Crippen LogP contribution in [-0.2, 0) is 0 Å². The van der Waals surface area contributed by atoms with E-state index in [1.165, 1.54) is 38.4 Å². The second kappa shape index (κ2) is 8.50. The van der Waals surface area contributed by atoms with Gasteiger partial charge in [0.15, 0.2) is 0 Å². The number of carbonyl (C=O) groups excluding carboxylic acids is 1. The monoisotopic (exact) mass is 343 g/mol. The molecule has 0 aliphatic heterocycles. The molecule has 1 saturated carbocycles. The summed E-state index contributed by atoms with van der Waals surface area (Å²) in [5.74, 6) is 2.13. The quantitative estimate of drug-likeness (QED) is 0.746. The predicted molar refractivity (Wildman–Crippen MR) is 95.5 cm³/mol. The number of hydrogen-bond donors (Lipinski definition) is 3. The van der Waals surface area contributed by atoms with E-state index in [2.05, 4.69) is 25.8 Å². The molecule has 1 aliphatic carbocycles. The Labute approximate surface area is 147 Å². The average molecular weight is 343 g/mol. The van der Waals surface area contributed by atoms with Gasteiger partial charge in [-0.15, -0.1) is 0 Å². The van der Waals surface area contributed by atoms with Crippen molar-refractivity contribution in [1.29, 1.82) is 0 Å². The summed E-state index contributed by atoms with van der Waals surface area (Å²) >= 11 is 0. The maximum atomic E-state index is 12.0. The molecule has 134 valence electrons. The summed E-state index contributed by atoms with van der Waals surface area (Å²) in [7, 11) is 0. The Hall–Kier alpha value is -2.57. The lowest BCUT2D eigenvalue weighted by molar-refractivity contribution is 0.209. The molecule has 2 aromatic rings. The fraction of sp³-hybridized carbons (Fsp3) is 0.500. The lowest BCUT2D eigenvalue weighted by Gasteiger charge is -2.21. The van der Waals surface area contributed by atoms with Gasteiger partial charge < -0.3 is 15.4 Å². The number of anilines is 1. The van der Waals surface area contributed by atoms with E-state index in [0.29, 0.717) is 17.4 Å².